The Kier molecular flexibility index (Phi) is 15.9. The maximum atomic E-state index is 12.3. The summed E-state index contributed by atoms with van der Waals surface area (Å²) >= 11 is 0. The lowest BCUT2D eigenvalue weighted by molar-refractivity contribution is -0.143. The Bertz CT molecular complexity index is 1380. The highest BCUT2D eigenvalue weighted by molar-refractivity contribution is 5.86. The van der Waals surface area contributed by atoms with Gasteiger partial charge < -0.3 is 51.5 Å². The lowest BCUT2D eigenvalue weighted by Crippen LogP contribution is -2.44. The molecule has 2 rings (SSSR count). The van der Waals surface area contributed by atoms with Gasteiger partial charge in [-0.3, -0.25) is 24.0 Å². The summed E-state index contributed by atoms with van der Waals surface area (Å²) in [6.07, 6.45) is 0.854. The second-order valence-electron chi connectivity index (χ2n) is 10.4. The number of nitrogens with one attached hydrogen (secondary N) is 4. The average molecular weight is 662 g/mol. The number of carboxylic acids is 3. The van der Waals surface area contributed by atoms with E-state index in [1.807, 2.05) is 12.1 Å². The number of rotatable bonds is 23. The highest BCUT2D eigenvalue weighted by atomic mass is 16.5. The minimum absolute atomic E-state index is 0.197. The molecular weight excluding hydrogens is 622 g/mol. The van der Waals surface area contributed by atoms with Gasteiger partial charge in [-0.1, -0.05) is 12.1 Å². The Balaban J connectivity index is 1.70. The molecule has 0 aliphatic carbocycles. The number of nitrogens with two attached hydrogens (primary N) is 1. The normalized spacial score (nSPS) is 12.5. The molecular formula is C30H39N5O12. The van der Waals surface area contributed by atoms with E-state index in [2.05, 4.69) is 21.3 Å². The standard InChI is InChI=1S/C30H39N5O12/c31-22(28(40)41)5-8-26(38)34-24(30(44)45)7-10-27(39)35-23(29(42)43)6-9-25(37)33-12-11-18-1-3-20(4-2-18)46-15-19-13-21(47-16-19)14-32-17-36/h1-4,13,16-17,22-24H,5-12,14-15,31H2,(H,32,36)(H,33,37)(H,34,38)(H,35,39)(H,40,41)(H,42,43)(H,44,45)/t22-,23-,24-/m0/s1. The molecule has 2 aromatic rings. The summed E-state index contributed by atoms with van der Waals surface area (Å²) in [6.45, 7) is 0.830. The fraction of sp³-hybridized carbons (Fsp3) is 0.433. The summed E-state index contributed by atoms with van der Waals surface area (Å²) < 4.78 is 11.0. The van der Waals surface area contributed by atoms with E-state index in [1.165, 1.54) is 0 Å². The van der Waals surface area contributed by atoms with Crippen molar-refractivity contribution in [2.24, 2.45) is 5.73 Å². The summed E-state index contributed by atoms with van der Waals surface area (Å²) in [6, 6.07) is 4.82. The number of carbonyl (C=O) groups is 7. The van der Waals surface area contributed by atoms with Gasteiger partial charge in [0.15, 0.2) is 0 Å². The van der Waals surface area contributed by atoms with Crippen LogP contribution in [0.2, 0.25) is 0 Å². The van der Waals surface area contributed by atoms with E-state index in [4.69, 9.17) is 20.0 Å². The first-order chi connectivity index (χ1) is 22.4. The molecule has 9 N–H and O–H groups in total. The van der Waals surface area contributed by atoms with Gasteiger partial charge in [-0.2, -0.15) is 0 Å². The molecule has 1 heterocycles. The molecule has 0 aliphatic heterocycles. The number of benzene rings is 1. The van der Waals surface area contributed by atoms with E-state index >= 15 is 0 Å². The van der Waals surface area contributed by atoms with Crippen LogP contribution in [-0.2, 0) is 53.1 Å². The summed E-state index contributed by atoms with van der Waals surface area (Å²) in [5.74, 6) is -4.89. The zero-order valence-corrected chi connectivity index (χ0v) is 25.4. The van der Waals surface area contributed by atoms with Crippen LogP contribution in [0.5, 0.6) is 5.75 Å². The molecule has 0 spiro atoms. The topological polar surface area (TPSA) is 277 Å². The first-order valence-corrected chi connectivity index (χ1v) is 14.6. The average Bonchev–Trinajstić information content (AvgIpc) is 3.49. The van der Waals surface area contributed by atoms with Crippen molar-refractivity contribution < 1.29 is 58.0 Å². The maximum Gasteiger partial charge on any atom is 0.326 e. The van der Waals surface area contributed by atoms with Crippen LogP contribution in [0.15, 0.2) is 41.0 Å². The van der Waals surface area contributed by atoms with E-state index < -0.39 is 60.2 Å². The van der Waals surface area contributed by atoms with Crippen molar-refractivity contribution in [1.82, 2.24) is 21.3 Å². The van der Waals surface area contributed by atoms with Crippen LogP contribution in [0.25, 0.3) is 0 Å². The molecule has 0 saturated carbocycles. The molecule has 17 nitrogen and oxygen atoms in total. The smallest absolute Gasteiger partial charge is 0.326 e. The van der Waals surface area contributed by atoms with Crippen molar-refractivity contribution in [3.63, 3.8) is 0 Å². The second-order valence-corrected chi connectivity index (χ2v) is 10.4. The molecule has 3 atom stereocenters. The Morgan fingerprint density at radius 1 is 0.809 bits per heavy atom. The van der Waals surface area contributed by atoms with Crippen LogP contribution >= 0.6 is 0 Å². The zero-order chi connectivity index (χ0) is 34.8. The zero-order valence-electron chi connectivity index (χ0n) is 25.4. The predicted molar refractivity (Wildman–Crippen MR) is 162 cm³/mol. The number of amides is 4. The first-order valence-electron chi connectivity index (χ1n) is 14.6. The molecule has 4 amide bonds. The van der Waals surface area contributed by atoms with Gasteiger partial charge in [0.05, 0.1) is 12.8 Å². The van der Waals surface area contributed by atoms with Gasteiger partial charge in [0, 0.05) is 31.4 Å². The molecule has 0 fully saturated rings. The van der Waals surface area contributed by atoms with Gasteiger partial charge >= 0.3 is 17.9 Å². The summed E-state index contributed by atoms with van der Waals surface area (Å²) in [7, 11) is 0. The maximum absolute atomic E-state index is 12.3. The number of aliphatic carboxylic acids is 3. The van der Waals surface area contributed by atoms with Crippen molar-refractivity contribution in [3.05, 3.63) is 53.5 Å². The SMILES string of the molecule is N[C@@H](CCC(=O)N[C@@H](CCC(=O)N[C@@H](CCC(=O)NCCc1ccc(OCc2coc(CNC=O)c2)cc1)C(=O)O)C(=O)O)C(=O)O. The Morgan fingerprint density at radius 3 is 1.94 bits per heavy atom. The van der Waals surface area contributed by atoms with Crippen molar-refractivity contribution in [2.75, 3.05) is 6.54 Å². The molecule has 0 bridgehead atoms. The van der Waals surface area contributed by atoms with Crippen LogP contribution < -0.4 is 31.7 Å². The summed E-state index contributed by atoms with van der Waals surface area (Å²) in [5, 5.41) is 37.2. The predicted octanol–water partition coefficient (Wildman–Crippen LogP) is -0.345. The molecule has 0 aliphatic rings. The number of hydrogen-bond acceptors (Lipinski definition) is 10. The van der Waals surface area contributed by atoms with Crippen molar-refractivity contribution in [3.8, 4) is 5.75 Å². The van der Waals surface area contributed by atoms with Crippen LogP contribution in [0.4, 0.5) is 0 Å². The molecule has 1 aromatic carbocycles. The number of ether oxygens (including phenoxy) is 1. The molecule has 0 radical (unpaired) electrons. The molecule has 0 saturated heterocycles. The highest BCUT2D eigenvalue weighted by Gasteiger charge is 2.25. The third-order valence-electron chi connectivity index (χ3n) is 6.72. The Labute approximate surface area is 269 Å². The van der Waals surface area contributed by atoms with Crippen LogP contribution in [-0.4, -0.2) is 82.0 Å². The van der Waals surface area contributed by atoms with Gasteiger partial charge in [0.25, 0.3) is 0 Å². The largest absolute Gasteiger partial charge is 0.489 e. The second kappa shape index (κ2) is 19.8. The summed E-state index contributed by atoms with van der Waals surface area (Å²) in [4.78, 5) is 80.8. The number of hydrogen-bond donors (Lipinski definition) is 8. The molecule has 17 heteroatoms. The number of carbonyl (C=O) groups excluding carboxylic acids is 4. The van der Waals surface area contributed by atoms with Gasteiger partial charge in [-0.05, 0) is 49.4 Å². The third kappa shape index (κ3) is 14.9. The highest BCUT2D eigenvalue weighted by Crippen LogP contribution is 2.16. The fourth-order valence-corrected chi connectivity index (χ4v) is 4.10. The van der Waals surface area contributed by atoms with Gasteiger partial charge in [-0.25, -0.2) is 9.59 Å². The van der Waals surface area contributed by atoms with Crippen LogP contribution in [0.1, 0.15) is 55.4 Å². The molecule has 256 valence electrons. The van der Waals surface area contributed by atoms with Crippen molar-refractivity contribution >= 4 is 42.0 Å². The Hall–Kier alpha value is -5.45. The van der Waals surface area contributed by atoms with Crippen LogP contribution in [0.3, 0.4) is 0 Å². The lowest BCUT2D eigenvalue weighted by atomic mass is 10.1. The molecule has 47 heavy (non-hydrogen) atoms. The van der Waals surface area contributed by atoms with E-state index in [1.54, 1.807) is 24.5 Å². The minimum atomic E-state index is -1.47. The van der Waals surface area contributed by atoms with Gasteiger partial charge in [-0.15, -0.1) is 0 Å². The van der Waals surface area contributed by atoms with E-state index in [0.29, 0.717) is 24.3 Å². The quantitative estimate of drug-likeness (QED) is 0.0708. The van der Waals surface area contributed by atoms with E-state index in [-0.39, 0.29) is 51.8 Å². The fourth-order valence-electron chi connectivity index (χ4n) is 4.10. The van der Waals surface area contributed by atoms with E-state index in [9.17, 15) is 43.8 Å². The lowest BCUT2D eigenvalue weighted by Gasteiger charge is -2.17. The Morgan fingerprint density at radius 2 is 1.38 bits per heavy atom. The summed E-state index contributed by atoms with van der Waals surface area (Å²) in [5.41, 5.74) is 7.03. The van der Waals surface area contributed by atoms with Crippen LogP contribution in [0, 0.1) is 0 Å². The first kappa shape index (κ1) is 37.7. The van der Waals surface area contributed by atoms with Crippen molar-refractivity contribution in [2.45, 2.75) is 76.2 Å². The molecule has 0 unspecified atom stereocenters. The number of furan rings is 1. The number of carboxylic acid groups (broad SMARTS) is 3. The third-order valence-corrected chi connectivity index (χ3v) is 6.72. The van der Waals surface area contributed by atoms with Gasteiger partial charge in [0.1, 0.15) is 36.2 Å². The minimum Gasteiger partial charge on any atom is -0.489 e. The van der Waals surface area contributed by atoms with E-state index in [0.717, 1.165) is 11.1 Å². The molecule has 1 aromatic heterocycles. The van der Waals surface area contributed by atoms with Gasteiger partial charge in [0.2, 0.25) is 24.1 Å². The van der Waals surface area contributed by atoms with Crippen molar-refractivity contribution in [1.29, 1.82) is 0 Å². The monoisotopic (exact) mass is 661 g/mol.